The van der Waals surface area contributed by atoms with Gasteiger partial charge in [-0.1, -0.05) is 11.6 Å². The van der Waals surface area contributed by atoms with Crippen LogP contribution < -0.4 is 10.5 Å². The summed E-state index contributed by atoms with van der Waals surface area (Å²) in [6, 6.07) is 0.481. The zero-order valence-corrected chi connectivity index (χ0v) is 8.75. The van der Waals surface area contributed by atoms with Gasteiger partial charge in [0.25, 0.3) is 5.69 Å². The average Bonchev–Trinajstić information content (AvgIpc) is 2.17. The number of nitrogens with zero attached hydrogens (tertiary/aromatic N) is 2. The zero-order chi connectivity index (χ0) is 13.2. The van der Waals surface area contributed by atoms with Crippen LogP contribution in [0.25, 0.3) is 0 Å². The van der Waals surface area contributed by atoms with Crippen LogP contribution in [0, 0.1) is 10.1 Å². The van der Waals surface area contributed by atoms with Gasteiger partial charge < -0.3 is 10.5 Å². The molecule has 0 saturated heterocycles. The summed E-state index contributed by atoms with van der Waals surface area (Å²) in [6.45, 7) is -0.352. The fraction of sp³-hybridized carbons (Fsp3) is 0.286. The highest BCUT2D eigenvalue weighted by atomic mass is 35.5. The monoisotopic (exact) mass is 271 g/mol. The molecule has 0 aliphatic heterocycles. The third kappa shape index (κ3) is 3.43. The summed E-state index contributed by atoms with van der Waals surface area (Å²) in [5.41, 5.74) is 4.15. The fourth-order valence-electron chi connectivity index (χ4n) is 0.981. The first-order chi connectivity index (χ1) is 7.74. The van der Waals surface area contributed by atoms with E-state index in [9.17, 15) is 23.3 Å². The first-order valence-corrected chi connectivity index (χ1v) is 4.42. The molecule has 0 saturated carbocycles. The molecule has 1 rings (SSSR count). The molecule has 0 spiro atoms. The van der Waals surface area contributed by atoms with Gasteiger partial charge in [-0.15, -0.1) is 13.2 Å². The van der Waals surface area contributed by atoms with E-state index in [4.69, 9.17) is 17.3 Å². The Morgan fingerprint density at radius 3 is 2.59 bits per heavy atom. The molecule has 94 valence electrons. The molecule has 2 N–H and O–H groups in total. The smallest absolute Gasteiger partial charge is 0.388 e. The summed E-state index contributed by atoms with van der Waals surface area (Å²) in [7, 11) is 0. The molecule has 6 nitrogen and oxygen atoms in total. The number of halogens is 4. The number of rotatable bonds is 3. The van der Waals surface area contributed by atoms with E-state index < -0.39 is 27.9 Å². The summed E-state index contributed by atoms with van der Waals surface area (Å²) < 4.78 is 39.2. The normalized spacial score (nSPS) is 11.4. The predicted molar refractivity (Wildman–Crippen MR) is 50.5 cm³/mol. The van der Waals surface area contributed by atoms with E-state index >= 15 is 0 Å². The van der Waals surface area contributed by atoms with Gasteiger partial charge in [0, 0.05) is 6.54 Å². The molecular formula is C7H5ClF3N3O3. The molecule has 0 radical (unpaired) electrons. The van der Waals surface area contributed by atoms with E-state index in [-0.39, 0.29) is 12.2 Å². The number of nitrogens with two attached hydrogens (primary N) is 1. The number of nitro groups is 1. The van der Waals surface area contributed by atoms with Gasteiger partial charge in [0.05, 0.1) is 16.7 Å². The minimum Gasteiger partial charge on any atom is -0.388 e. The van der Waals surface area contributed by atoms with Gasteiger partial charge in [-0.25, -0.2) is 4.98 Å². The van der Waals surface area contributed by atoms with Crippen molar-refractivity contribution in [1.82, 2.24) is 4.98 Å². The Morgan fingerprint density at radius 2 is 2.18 bits per heavy atom. The van der Waals surface area contributed by atoms with Crippen LogP contribution in [-0.4, -0.2) is 16.3 Å². The van der Waals surface area contributed by atoms with Crippen molar-refractivity contribution in [2.24, 2.45) is 5.73 Å². The van der Waals surface area contributed by atoms with Gasteiger partial charge >= 0.3 is 6.36 Å². The first kappa shape index (κ1) is 13.5. The average molecular weight is 272 g/mol. The first-order valence-electron chi connectivity index (χ1n) is 4.04. The maximum absolute atomic E-state index is 11.9. The Labute approximate surface area is 97.3 Å². The van der Waals surface area contributed by atoms with E-state index in [2.05, 4.69) is 9.72 Å². The molecule has 0 amide bonds. The SMILES string of the molecule is NCc1nc(OC(F)(F)F)cc([N+](=O)[O-])c1Cl. The van der Waals surface area contributed by atoms with Crippen LogP contribution in [0.1, 0.15) is 5.69 Å². The number of hydrogen-bond donors (Lipinski definition) is 1. The van der Waals surface area contributed by atoms with E-state index in [1.54, 1.807) is 0 Å². The van der Waals surface area contributed by atoms with E-state index in [1.807, 2.05) is 0 Å². The van der Waals surface area contributed by atoms with Crippen molar-refractivity contribution in [3.05, 3.63) is 26.9 Å². The molecule has 0 atom stereocenters. The van der Waals surface area contributed by atoms with Gasteiger partial charge in [0.1, 0.15) is 5.02 Å². The highest BCUT2D eigenvalue weighted by Crippen LogP contribution is 2.32. The lowest BCUT2D eigenvalue weighted by Gasteiger charge is -2.09. The number of ether oxygens (including phenoxy) is 1. The number of alkyl halides is 3. The number of hydrogen-bond acceptors (Lipinski definition) is 5. The predicted octanol–water partition coefficient (Wildman–Crippen LogP) is 2.00. The van der Waals surface area contributed by atoms with Crippen LogP contribution in [0.2, 0.25) is 5.02 Å². The minimum absolute atomic E-state index is 0.250. The fourth-order valence-corrected chi connectivity index (χ4v) is 1.22. The molecule has 10 heteroatoms. The van der Waals surface area contributed by atoms with Crippen molar-refractivity contribution >= 4 is 17.3 Å². The highest BCUT2D eigenvalue weighted by molar-refractivity contribution is 6.33. The van der Waals surface area contributed by atoms with Crippen LogP contribution in [0.3, 0.4) is 0 Å². The quantitative estimate of drug-likeness (QED) is 0.670. The molecule has 1 aromatic rings. The number of aromatic nitrogens is 1. The lowest BCUT2D eigenvalue weighted by molar-refractivity contribution is -0.385. The van der Waals surface area contributed by atoms with Crippen molar-refractivity contribution in [1.29, 1.82) is 0 Å². The van der Waals surface area contributed by atoms with Crippen LogP contribution >= 0.6 is 11.6 Å². The van der Waals surface area contributed by atoms with Gasteiger partial charge in [-0.3, -0.25) is 10.1 Å². The van der Waals surface area contributed by atoms with E-state index in [1.165, 1.54) is 0 Å². The molecule has 0 aromatic carbocycles. The van der Waals surface area contributed by atoms with Crippen molar-refractivity contribution in [3.63, 3.8) is 0 Å². The van der Waals surface area contributed by atoms with Gasteiger partial charge in [0.15, 0.2) is 0 Å². The zero-order valence-electron chi connectivity index (χ0n) is 7.99. The Kier molecular flexibility index (Phi) is 3.73. The maximum Gasteiger partial charge on any atom is 0.574 e. The topological polar surface area (TPSA) is 91.3 Å². The summed E-state index contributed by atoms with van der Waals surface area (Å²) in [5, 5.41) is 10.1. The molecule has 1 aromatic heterocycles. The van der Waals surface area contributed by atoms with Gasteiger partial charge in [-0.05, 0) is 0 Å². The Morgan fingerprint density at radius 1 is 1.59 bits per heavy atom. The summed E-state index contributed by atoms with van der Waals surface area (Å²) in [6.07, 6.45) is -5.00. The molecule has 0 aliphatic rings. The van der Waals surface area contributed by atoms with Crippen LogP contribution in [0.5, 0.6) is 5.88 Å². The molecule has 0 unspecified atom stereocenters. The van der Waals surface area contributed by atoms with Crippen LogP contribution in [-0.2, 0) is 6.54 Å². The Hall–Kier alpha value is -1.61. The third-order valence-electron chi connectivity index (χ3n) is 1.59. The second-order valence-corrected chi connectivity index (χ2v) is 3.13. The standard InChI is InChI=1S/C7H5ClF3N3O3/c8-6-3(2-12)13-5(17-7(9,10)11)1-4(6)14(15)16/h1H,2,12H2. The lowest BCUT2D eigenvalue weighted by Crippen LogP contribution is -2.19. The van der Waals surface area contributed by atoms with E-state index in [0.717, 1.165) is 0 Å². The number of pyridine rings is 1. The Balaban J connectivity index is 3.25. The maximum atomic E-state index is 11.9. The molecule has 1 heterocycles. The van der Waals surface area contributed by atoms with Crippen LogP contribution in [0.15, 0.2) is 6.07 Å². The Bertz CT molecular complexity index is 452. The molecular weight excluding hydrogens is 267 g/mol. The van der Waals surface area contributed by atoms with Crippen molar-refractivity contribution in [2.75, 3.05) is 0 Å². The molecule has 0 bridgehead atoms. The largest absolute Gasteiger partial charge is 0.574 e. The summed E-state index contributed by atoms with van der Waals surface area (Å²) in [4.78, 5) is 12.9. The summed E-state index contributed by atoms with van der Waals surface area (Å²) in [5.74, 6) is -0.978. The lowest BCUT2D eigenvalue weighted by atomic mass is 10.3. The van der Waals surface area contributed by atoms with E-state index in [0.29, 0.717) is 6.07 Å². The van der Waals surface area contributed by atoms with Crippen molar-refractivity contribution < 1.29 is 22.8 Å². The van der Waals surface area contributed by atoms with Gasteiger partial charge in [0.2, 0.25) is 5.88 Å². The highest BCUT2D eigenvalue weighted by Gasteiger charge is 2.33. The minimum atomic E-state index is -5.00. The van der Waals surface area contributed by atoms with Crippen molar-refractivity contribution in [2.45, 2.75) is 12.9 Å². The van der Waals surface area contributed by atoms with Gasteiger partial charge in [-0.2, -0.15) is 0 Å². The summed E-state index contributed by atoms with van der Waals surface area (Å²) >= 11 is 5.53. The molecule has 17 heavy (non-hydrogen) atoms. The molecule has 0 fully saturated rings. The second kappa shape index (κ2) is 4.72. The second-order valence-electron chi connectivity index (χ2n) is 2.75. The van der Waals surface area contributed by atoms with Crippen molar-refractivity contribution in [3.8, 4) is 5.88 Å². The molecule has 0 aliphatic carbocycles. The third-order valence-corrected chi connectivity index (χ3v) is 2.01. The van der Waals surface area contributed by atoms with Crippen LogP contribution in [0.4, 0.5) is 18.9 Å².